The van der Waals surface area contributed by atoms with E-state index in [4.69, 9.17) is 11.6 Å². The predicted octanol–water partition coefficient (Wildman–Crippen LogP) is 1.19. The summed E-state index contributed by atoms with van der Waals surface area (Å²) in [5.41, 5.74) is -0.686. The van der Waals surface area contributed by atoms with Gasteiger partial charge in [0.05, 0.1) is 5.69 Å². The smallest absolute Gasteiger partial charge is 0.333 e. The first-order chi connectivity index (χ1) is 9.41. The van der Waals surface area contributed by atoms with Crippen molar-refractivity contribution in [1.29, 1.82) is 0 Å². The maximum Gasteiger partial charge on any atom is 0.333 e. The highest BCUT2D eigenvalue weighted by molar-refractivity contribution is 6.30. The van der Waals surface area contributed by atoms with Crippen LogP contribution in [0.4, 0.5) is 5.69 Å². The predicted molar refractivity (Wildman–Crippen MR) is 77.3 cm³/mol. The minimum Gasteiger partial charge on any atom is -0.494 e. The number of hydrogen-bond acceptors (Lipinski definition) is 4. The van der Waals surface area contributed by atoms with Gasteiger partial charge in [-0.1, -0.05) is 11.6 Å². The van der Waals surface area contributed by atoms with Gasteiger partial charge in [0.2, 0.25) is 5.88 Å². The van der Waals surface area contributed by atoms with Crippen molar-refractivity contribution in [3.05, 3.63) is 55.7 Å². The average Bonchev–Trinajstić information content (AvgIpc) is 2.45. The Morgan fingerprint density at radius 1 is 1.15 bits per heavy atom. The van der Waals surface area contributed by atoms with Gasteiger partial charge in [0, 0.05) is 25.3 Å². The monoisotopic (exact) mass is 293 g/mol. The van der Waals surface area contributed by atoms with Gasteiger partial charge in [-0.15, -0.1) is 0 Å². The summed E-state index contributed by atoms with van der Waals surface area (Å²) in [4.78, 5) is 27.6. The molecule has 0 atom stereocenters. The molecule has 0 saturated heterocycles. The molecule has 0 spiro atoms. The Kier molecular flexibility index (Phi) is 3.76. The molecule has 1 heterocycles. The lowest BCUT2D eigenvalue weighted by Gasteiger charge is -2.06. The van der Waals surface area contributed by atoms with Crippen LogP contribution in [0.1, 0.15) is 5.56 Å². The molecule has 0 aliphatic rings. The standard InChI is InChI=1S/C13H12ClN3O3/c1-16-11(18)10(12(19)17(2)13(16)20)7-15-9-5-3-8(14)4-6-9/h3-7,18H,1-2H3. The zero-order valence-corrected chi connectivity index (χ0v) is 11.6. The van der Waals surface area contributed by atoms with Crippen molar-refractivity contribution in [2.24, 2.45) is 19.1 Å². The number of hydrogen-bond donors (Lipinski definition) is 1. The fourth-order valence-corrected chi connectivity index (χ4v) is 1.76. The van der Waals surface area contributed by atoms with Crippen LogP contribution in [0.25, 0.3) is 0 Å². The molecule has 1 N–H and O–H groups in total. The first-order valence-corrected chi connectivity index (χ1v) is 6.08. The summed E-state index contributed by atoms with van der Waals surface area (Å²) in [5.74, 6) is -0.421. The molecule has 1 aromatic heterocycles. The normalized spacial score (nSPS) is 11.2. The van der Waals surface area contributed by atoms with E-state index in [1.165, 1.54) is 20.3 Å². The van der Waals surface area contributed by atoms with E-state index < -0.39 is 17.1 Å². The highest BCUT2D eigenvalue weighted by atomic mass is 35.5. The minimum atomic E-state index is -0.608. The van der Waals surface area contributed by atoms with Gasteiger partial charge >= 0.3 is 5.69 Å². The van der Waals surface area contributed by atoms with Crippen LogP contribution in [-0.2, 0) is 14.1 Å². The topological polar surface area (TPSA) is 76.6 Å². The van der Waals surface area contributed by atoms with Crippen molar-refractivity contribution in [3.8, 4) is 5.88 Å². The molecule has 0 fully saturated rings. The second-order valence-corrected chi connectivity index (χ2v) is 4.61. The van der Waals surface area contributed by atoms with E-state index in [0.717, 1.165) is 9.13 Å². The number of rotatable bonds is 2. The van der Waals surface area contributed by atoms with E-state index >= 15 is 0 Å². The van der Waals surface area contributed by atoms with Gasteiger partial charge < -0.3 is 5.11 Å². The van der Waals surface area contributed by atoms with Crippen LogP contribution in [0.5, 0.6) is 5.88 Å². The Labute approximate surface area is 119 Å². The van der Waals surface area contributed by atoms with Gasteiger partial charge in [-0.2, -0.15) is 0 Å². The van der Waals surface area contributed by atoms with Gasteiger partial charge in [0.25, 0.3) is 5.56 Å². The molecule has 0 amide bonds. The summed E-state index contributed by atoms with van der Waals surface area (Å²) in [6.45, 7) is 0. The fourth-order valence-electron chi connectivity index (χ4n) is 1.64. The first kappa shape index (κ1) is 14.1. The Balaban J connectivity index is 2.52. The molecule has 0 aliphatic heterocycles. The Morgan fingerprint density at radius 3 is 2.35 bits per heavy atom. The summed E-state index contributed by atoms with van der Waals surface area (Å²) in [5, 5.41) is 10.4. The summed E-state index contributed by atoms with van der Waals surface area (Å²) >= 11 is 5.76. The molecule has 0 saturated carbocycles. The van der Waals surface area contributed by atoms with E-state index in [0.29, 0.717) is 10.7 Å². The quantitative estimate of drug-likeness (QED) is 0.845. The second-order valence-electron chi connectivity index (χ2n) is 4.18. The number of aliphatic imine (C=N–C) groups is 1. The molecule has 2 rings (SSSR count). The van der Waals surface area contributed by atoms with E-state index in [-0.39, 0.29) is 5.56 Å². The molecule has 0 bridgehead atoms. The molecule has 6 nitrogen and oxygen atoms in total. The van der Waals surface area contributed by atoms with E-state index in [1.807, 2.05) is 0 Å². The molecule has 0 aliphatic carbocycles. The minimum absolute atomic E-state index is 0.0513. The average molecular weight is 294 g/mol. The van der Waals surface area contributed by atoms with Crippen LogP contribution in [-0.4, -0.2) is 20.5 Å². The van der Waals surface area contributed by atoms with Gasteiger partial charge in [0.1, 0.15) is 5.56 Å². The Morgan fingerprint density at radius 2 is 1.75 bits per heavy atom. The van der Waals surface area contributed by atoms with E-state index in [2.05, 4.69) is 4.99 Å². The van der Waals surface area contributed by atoms with Crippen LogP contribution in [0.3, 0.4) is 0 Å². The number of nitrogens with zero attached hydrogens (tertiary/aromatic N) is 3. The summed E-state index contributed by atoms with van der Waals surface area (Å²) in [6.07, 6.45) is 1.22. The molecule has 104 valence electrons. The molecule has 7 heteroatoms. The zero-order valence-electron chi connectivity index (χ0n) is 10.9. The molecular formula is C13H12ClN3O3. The summed E-state index contributed by atoms with van der Waals surface area (Å²) in [6, 6.07) is 6.66. The number of aromatic nitrogens is 2. The van der Waals surface area contributed by atoms with E-state index in [1.54, 1.807) is 24.3 Å². The maximum atomic E-state index is 11.9. The van der Waals surface area contributed by atoms with Crippen LogP contribution in [0.15, 0.2) is 38.8 Å². The molecule has 0 unspecified atom stereocenters. The summed E-state index contributed by atoms with van der Waals surface area (Å²) in [7, 11) is 2.71. The van der Waals surface area contributed by atoms with Crippen molar-refractivity contribution in [1.82, 2.24) is 9.13 Å². The lowest BCUT2D eigenvalue weighted by Crippen LogP contribution is -2.38. The molecule has 20 heavy (non-hydrogen) atoms. The van der Waals surface area contributed by atoms with Crippen molar-refractivity contribution in [2.75, 3.05) is 0 Å². The van der Waals surface area contributed by atoms with Crippen LogP contribution in [0.2, 0.25) is 5.02 Å². The maximum absolute atomic E-state index is 11.9. The Bertz CT molecular complexity index is 788. The van der Waals surface area contributed by atoms with Crippen molar-refractivity contribution >= 4 is 23.5 Å². The SMILES string of the molecule is Cn1c(O)c(C=Nc2ccc(Cl)cc2)c(=O)n(C)c1=O. The molecule has 2 aromatic rings. The Hall–Kier alpha value is -2.34. The molecule has 0 radical (unpaired) electrons. The second kappa shape index (κ2) is 5.34. The summed E-state index contributed by atoms with van der Waals surface area (Å²) < 4.78 is 1.88. The highest BCUT2D eigenvalue weighted by Crippen LogP contribution is 2.16. The van der Waals surface area contributed by atoms with Gasteiger partial charge in [0.15, 0.2) is 0 Å². The zero-order chi connectivity index (χ0) is 14.9. The number of aromatic hydroxyl groups is 1. The largest absolute Gasteiger partial charge is 0.494 e. The lowest BCUT2D eigenvalue weighted by atomic mass is 10.3. The van der Waals surface area contributed by atoms with Crippen molar-refractivity contribution < 1.29 is 5.11 Å². The third-order valence-electron chi connectivity index (χ3n) is 2.84. The molecular weight excluding hydrogens is 282 g/mol. The van der Waals surface area contributed by atoms with Crippen LogP contribution in [0, 0.1) is 0 Å². The lowest BCUT2D eigenvalue weighted by molar-refractivity contribution is 0.410. The van der Waals surface area contributed by atoms with Crippen LogP contribution < -0.4 is 11.2 Å². The number of benzene rings is 1. The van der Waals surface area contributed by atoms with Gasteiger partial charge in [-0.05, 0) is 24.3 Å². The first-order valence-electron chi connectivity index (χ1n) is 5.70. The van der Waals surface area contributed by atoms with E-state index in [9.17, 15) is 14.7 Å². The van der Waals surface area contributed by atoms with Gasteiger partial charge in [-0.25, -0.2) is 4.79 Å². The van der Waals surface area contributed by atoms with Crippen molar-refractivity contribution in [2.45, 2.75) is 0 Å². The third-order valence-corrected chi connectivity index (χ3v) is 3.09. The van der Waals surface area contributed by atoms with Crippen LogP contribution >= 0.6 is 11.6 Å². The van der Waals surface area contributed by atoms with Crippen molar-refractivity contribution in [3.63, 3.8) is 0 Å². The highest BCUT2D eigenvalue weighted by Gasteiger charge is 2.12. The number of halogens is 1. The third kappa shape index (κ3) is 2.50. The van der Waals surface area contributed by atoms with Gasteiger partial charge in [-0.3, -0.25) is 18.9 Å². The fraction of sp³-hybridized carbons (Fsp3) is 0.154. The molecule has 1 aromatic carbocycles.